The average molecular weight is 215 g/mol. The molecular formula is C11H16FTi-. The zero-order valence-corrected chi connectivity index (χ0v) is 9.87. The van der Waals surface area contributed by atoms with Crippen LogP contribution >= 0.6 is 0 Å². The van der Waals surface area contributed by atoms with E-state index in [0.717, 1.165) is 0 Å². The number of unbranched alkanes of at least 4 members (excludes halogenated alkanes) is 2. The van der Waals surface area contributed by atoms with Crippen molar-refractivity contribution in [2.24, 2.45) is 0 Å². The smallest absolute Gasteiger partial charge is 0.0108 e. The molecule has 72 valence electrons. The molecule has 0 atom stereocenters. The van der Waals surface area contributed by atoms with Crippen molar-refractivity contribution >= 4 is 0 Å². The molecule has 0 fully saturated rings. The number of rotatable bonds is 2. The van der Waals surface area contributed by atoms with Gasteiger partial charge < -0.3 is 0 Å². The summed E-state index contributed by atoms with van der Waals surface area (Å²) in [6.07, 6.45) is 4.08. The Kier molecular flexibility index (Phi) is 14.0. The molecule has 1 rings (SSSR count). The van der Waals surface area contributed by atoms with Crippen LogP contribution in [0.3, 0.4) is 0 Å². The van der Waals surface area contributed by atoms with Gasteiger partial charge in [-0.05, 0) is 0 Å². The molecule has 0 aliphatic rings. The van der Waals surface area contributed by atoms with E-state index in [1.54, 1.807) is 12.1 Å². The zero-order chi connectivity index (χ0) is 9.23. The fourth-order valence-electron chi connectivity index (χ4n) is 0.725. The molecule has 0 nitrogen and oxygen atoms in total. The molecule has 1 aromatic rings. The first-order valence-electron chi connectivity index (χ1n) is 4.43. The Labute approximate surface area is 95.4 Å². The van der Waals surface area contributed by atoms with Gasteiger partial charge in [-0.2, -0.15) is 18.2 Å². The molecule has 0 radical (unpaired) electrons. The molecule has 0 unspecified atom stereocenters. The third-order valence-corrected chi connectivity index (χ3v) is 1.38. The Hall–Kier alpha value is -0.136. The van der Waals surface area contributed by atoms with Crippen LogP contribution in [-0.4, -0.2) is 0 Å². The molecule has 0 aliphatic carbocycles. The van der Waals surface area contributed by atoms with Crippen LogP contribution in [0.4, 0.5) is 4.39 Å². The van der Waals surface area contributed by atoms with E-state index in [-0.39, 0.29) is 27.5 Å². The second kappa shape index (κ2) is 11.9. The second-order valence-electron chi connectivity index (χ2n) is 2.56. The van der Waals surface area contributed by atoms with Crippen molar-refractivity contribution < 1.29 is 26.1 Å². The summed E-state index contributed by atoms with van der Waals surface area (Å²) in [4.78, 5) is 0. The van der Waals surface area contributed by atoms with Crippen LogP contribution in [0.1, 0.15) is 33.1 Å². The monoisotopic (exact) mass is 215 g/mol. The molecule has 0 N–H and O–H groups in total. The van der Waals surface area contributed by atoms with E-state index in [9.17, 15) is 4.39 Å². The van der Waals surface area contributed by atoms with Gasteiger partial charge in [-0.1, -0.05) is 33.1 Å². The molecule has 0 spiro atoms. The first-order chi connectivity index (χ1) is 5.81. The van der Waals surface area contributed by atoms with E-state index in [1.165, 1.54) is 31.4 Å². The molecule has 0 heterocycles. The standard InChI is InChI=1S/C6H4F.C5H12.Ti/c7-6-4-2-1-3-5-6;1-3-5-4-2;/h1-4H;3-5H2,1-2H3;/q-1;;. The maximum absolute atomic E-state index is 11.9. The molecule has 0 aromatic heterocycles. The van der Waals surface area contributed by atoms with Crippen LogP contribution in [-0.2, 0) is 21.7 Å². The van der Waals surface area contributed by atoms with Gasteiger partial charge in [-0.3, -0.25) is 0 Å². The van der Waals surface area contributed by atoms with E-state index in [2.05, 4.69) is 19.9 Å². The van der Waals surface area contributed by atoms with Gasteiger partial charge in [0, 0.05) is 27.5 Å². The summed E-state index contributed by atoms with van der Waals surface area (Å²) < 4.78 is 11.9. The largest absolute Gasteiger partial charge is 0.236 e. The summed E-state index contributed by atoms with van der Waals surface area (Å²) >= 11 is 0. The van der Waals surface area contributed by atoms with Crippen LogP contribution in [0.25, 0.3) is 0 Å². The van der Waals surface area contributed by atoms with Crippen LogP contribution in [0, 0.1) is 11.9 Å². The molecule has 1 aromatic carbocycles. The molecule has 0 aliphatic heterocycles. The van der Waals surface area contributed by atoms with Gasteiger partial charge in [0.2, 0.25) is 0 Å². The van der Waals surface area contributed by atoms with Crippen LogP contribution in [0.2, 0.25) is 0 Å². The first-order valence-corrected chi connectivity index (χ1v) is 4.43. The van der Waals surface area contributed by atoms with E-state index in [0.29, 0.717) is 0 Å². The molecule has 0 saturated carbocycles. The third kappa shape index (κ3) is 11.9. The van der Waals surface area contributed by atoms with Gasteiger partial charge in [0.05, 0.1) is 0 Å². The van der Waals surface area contributed by atoms with Crippen molar-refractivity contribution in [1.29, 1.82) is 0 Å². The van der Waals surface area contributed by atoms with Gasteiger partial charge in [-0.25, -0.2) is 4.39 Å². The topological polar surface area (TPSA) is 0 Å². The molecule has 2 heteroatoms. The van der Waals surface area contributed by atoms with Crippen LogP contribution in [0.15, 0.2) is 24.3 Å². The maximum Gasteiger partial charge on any atom is 0.0108 e. The minimum atomic E-state index is -0.303. The Morgan fingerprint density at radius 1 is 1.23 bits per heavy atom. The zero-order valence-electron chi connectivity index (χ0n) is 8.31. The minimum Gasteiger partial charge on any atom is -0.236 e. The Balaban J connectivity index is 0. The van der Waals surface area contributed by atoms with Crippen molar-refractivity contribution in [2.45, 2.75) is 33.1 Å². The fourth-order valence-corrected chi connectivity index (χ4v) is 0.725. The van der Waals surface area contributed by atoms with Crippen molar-refractivity contribution in [1.82, 2.24) is 0 Å². The van der Waals surface area contributed by atoms with Crippen molar-refractivity contribution in [2.75, 3.05) is 0 Å². The van der Waals surface area contributed by atoms with Crippen LogP contribution < -0.4 is 0 Å². The Morgan fingerprint density at radius 3 is 2.00 bits per heavy atom. The third-order valence-electron chi connectivity index (χ3n) is 1.38. The first kappa shape index (κ1) is 15.3. The summed E-state index contributed by atoms with van der Waals surface area (Å²) in [6, 6.07) is 8.62. The Morgan fingerprint density at radius 2 is 1.85 bits per heavy atom. The summed E-state index contributed by atoms with van der Waals surface area (Å²) in [7, 11) is 0. The van der Waals surface area contributed by atoms with Gasteiger partial charge in [0.15, 0.2) is 0 Å². The Bertz CT molecular complexity index is 173. The van der Waals surface area contributed by atoms with Gasteiger partial charge in [-0.15, -0.1) is 12.1 Å². The number of benzene rings is 1. The molecular weight excluding hydrogens is 199 g/mol. The van der Waals surface area contributed by atoms with Gasteiger partial charge in [0.25, 0.3) is 0 Å². The summed E-state index contributed by atoms with van der Waals surface area (Å²) in [6.45, 7) is 4.42. The van der Waals surface area contributed by atoms with Crippen LogP contribution in [0.5, 0.6) is 0 Å². The fraction of sp³-hybridized carbons (Fsp3) is 0.455. The van der Waals surface area contributed by atoms with E-state index >= 15 is 0 Å². The number of hydrogen-bond acceptors (Lipinski definition) is 0. The predicted octanol–water partition coefficient (Wildman–Crippen LogP) is 3.82. The number of halogens is 1. The van der Waals surface area contributed by atoms with Crippen molar-refractivity contribution in [3.8, 4) is 0 Å². The van der Waals surface area contributed by atoms with Gasteiger partial charge in [0.1, 0.15) is 0 Å². The SMILES string of the molecule is CCCCC.Fc1[c-]cccc1.[Ti]. The maximum atomic E-state index is 11.9. The van der Waals surface area contributed by atoms with Gasteiger partial charge >= 0.3 is 0 Å². The molecule has 0 saturated heterocycles. The minimum absolute atomic E-state index is 0. The summed E-state index contributed by atoms with van der Waals surface area (Å²) in [5.41, 5.74) is 0. The van der Waals surface area contributed by atoms with E-state index < -0.39 is 0 Å². The van der Waals surface area contributed by atoms with Crippen molar-refractivity contribution in [3.05, 3.63) is 36.1 Å². The normalized spacial score (nSPS) is 7.92. The summed E-state index contributed by atoms with van der Waals surface area (Å²) in [5.74, 6) is -0.303. The number of hydrogen-bond donors (Lipinski definition) is 0. The molecule has 0 bridgehead atoms. The summed E-state index contributed by atoms with van der Waals surface area (Å²) in [5, 5.41) is 0. The van der Waals surface area contributed by atoms with E-state index in [1.807, 2.05) is 0 Å². The second-order valence-corrected chi connectivity index (χ2v) is 2.56. The van der Waals surface area contributed by atoms with E-state index in [4.69, 9.17) is 0 Å². The molecule has 13 heavy (non-hydrogen) atoms. The predicted molar refractivity (Wildman–Crippen MR) is 50.4 cm³/mol. The molecule has 0 amide bonds. The average Bonchev–Trinajstić information content (AvgIpc) is 2.08. The quantitative estimate of drug-likeness (QED) is 0.519. The van der Waals surface area contributed by atoms with Crippen molar-refractivity contribution in [3.63, 3.8) is 0 Å².